The summed E-state index contributed by atoms with van der Waals surface area (Å²) in [6.07, 6.45) is 26.0. The largest absolute Gasteiger partial charge is 0.381 e. The molecule has 3 aliphatic heterocycles. The van der Waals surface area contributed by atoms with Crippen molar-refractivity contribution in [2.24, 2.45) is 5.92 Å². The molecule has 234 valence electrons. The van der Waals surface area contributed by atoms with Crippen molar-refractivity contribution in [3.8, 4) is 0 Å². The molecule has 9 rings (SSSR count). The molecule has 0 radical (unpaired) electrons. The zero-order chi connectivity index (χ0) is 32.2. The first-order valence-corrected chi connectivity index (χ1v) is 16.8. The van der Waals surface area contributed by atoms with E-state index in [1.54, 1.807) is 0 Å². The topological polar surface area (TPSA) is 53.1 Å². The van der Waals surface area contributed by atoms with Crippen molar-refractivity contribution in [3.05, 3.63) is 197 Å². The Hall–Kier alpha value is -5.68. The Morgan fingerprint density at radius 1 is 0.750 bits per heavy atom. The zero-order valence-corrected chi connectivity index (χ0v) is 27.1. The number of para-hydroxylation sites is 1. The van der Waals surface area contributed by atoms with Gasteiger partial charge in [0.15, 0.2) is 0 Å². The summed E-state index contributed by atoms with van der Waals surface area (Å²) in [6.45, 7) is 4.84. The van der Waals surface area contributed by atoms with Gasteiger partial charge in [-0.05, 0) is 77.0 Å². The highest BCUT2D eigenvalue weighted by Gasteiger charge is 2.48. The Morgan fingerprint density at radius 2 is 1.54 bits per heavy atom. The Morgan fingerprint density at radius 3 is 2.33 bits per heavy atom. The number of aromatic nitrogens is 2. The second-order valence-electron chi connectivity index (χ2n) is 13.5. The number of nitrogens with one attached hydrogen (secondary N) is 2. The summed E-state index contributed by atoms with van der Waals surface area (Å²) in [5.41, 5.74) is 12.9. The molecule has 5 aliphatic rings. The molecule has 5 heteroatoms. The van der Waals surface area contributed by atoms with Crippen molar-refractivity contribution in [2.45, 2.75) is 37.3 Å². The minimum Gasteiger partial charge on any atom is -0.381 e. The standard InChI is InChI=1S/C43H37N5/c1-43(2)34-25-28(35-16-7-10-22-44-35)20-21-33(34)42-41(43)32-15-4-3-13-30(32)31-14-5-6-19-40(31)48(42)29-26-38(36-17-8-11-23-45-36)47-39(27-29)37-18-9-12-24-46-37/h3-27,30,32,35,38,44,47H,1-2H3. The van der Waals surface area contributed by atoms with Crippen LogP contribution in [0.25, 0.3) is 11.4 Å². The van der Waals surface area contributed by atoms with Gasteiger partial charge in [0, 0.05) is 46.6 Å². The second kappa shape index (κ2) is 11.2. The molecule has 48 heavy (non-hydrogen) atoms. The molecule has 2 aromatic heterocycles. The average Bonchev–Trinajstić information content (AvgIpc) is 3.29. The van der Waals surface area contributed by atoms with Crippen LogP contribution in [0.15, 0.2) is 163 Å². The van der Waals surface area contributed by atoms with Crippen LogP contribution in [-0.2, 0) is 5.41 Å². The van der Waals surface area contributed by atoms with Gasteiger partial charge in [-0.2, -0.15) is 0 Å². The maximum Gasteiger partial charge on any atom is 0.0893 e. The fourth-order valence-corrected chi connectivity index (χ4v) is 8.22. The molecule has 0 saturated carbocycles. The van der Waals surface area contributed by atoms with Crippen molar-refractivity contribution in [1.82, 2.24) is 20.6 Å². The number of fused-ring (bicyclic) bond motifs is 6. The smallest absolute Gasteiger partial charge is 0.0893 e. The summed E-state index contributed by atoms with van der Waals surface area (Å²) in [5, 5.41) is 7.30. The summed E-state index contributed by atoms with van der Waals surface area (Å²) < 4.78 is 0. The highest BCUT2D eigenvalue weighted by molar-refractivity contribution is 5.95. The number of allylic oxidation sites excluding steroid dienone is 8. The molecular formula is C43H37N5. The number of rotatable bonds is 4. The molecule has 2 N–H and O–H groups in total. The van der Waals surface area contributed by atoms with Crippen LogP contribution in [0.1, 0.15) is 65.5 Å². The van der Waals surface area contributed by atoms with Crippen LogP contribution in [0.4, 0.5) is 5.69 Å². The third-order valence-electron chi connectivity index (χ3n) is 10.4. The van der Waals surface area contributed by atoms with E-state index in [-0.39, 0.29) is 29.3 Å². The third-order valence-corrected chi connectivity index (χ3v) is 10.4. The van der Waals surface area contributed by atoms with Crippen LogP contribution in [0.5, 0.6) is 0 Å². The predicted molar refractivity (Wildman–Crippen MR) is 194 cm³/mol. The normalized spacial score (nSPS) is 24.3. The van der Waals surface area contributed by atoms with Gasteiger partial charge in [0.05, 0.1) is 34.9 Å². The summed E-state index contributed by atoms with van der Waals surface area (Å²) in [5.74, 6) is 0.432. The van der Waals surface area contributed by atoms with Crippen LogP contribution >= 0.6 is 0 Å². The van der Waals surface area contributed by atoms with Crippen molar-refractivity contribution in [1.29, 1.82) is 0 Å². The molecule has 2 aliphatic carbocycles. The molecular weight excluding hydrogens is 587 g/mol. The van der Waals surface area contributed by atoms with Gasteiger partial charge in [-0.1, -0.05) is 98.8 Å². The fourth-order valence-electron chi connectivity index (χ4n) is 8.22. The van der Waals surface area contributed by atoms with E-state index in [0.29, 0.717) is 0 Å². The summed E-state index contributed by atoms with van der Waals surface area (Å²) >= 11 is 0. The van der Waals surface area contributed by atoms with E-state index in [1.165, 1.54) is 39.2 Å². The highest BCUT2D eigenvalue weighted by atomic mass is 15.2. The fraction of sp³-hybridized carbons (Fsp3) is 0.163. The van der Waals surface area contributed by atoms with E-state index in [0.717, 1.165) is 22.8 Å². The lowest BCUT2D eigenvalue weighted by Gasteiger charge is -2.34. The molecule has 4 unspecified atom stereocenters. The van der Waals surface area contributed by atoms with Crippen LogP contribution in [0.3, 0.4) is 0 Å². The Kier molecular flexibility index (Phi) is 6.68. The van der Waals surface area contributed by atoms with Crippen LogP contribution < -0.4 is 15.5 Å². The van der Waals surface area contributed by atoms with Gasteiger partial charge in [0.25, 0.3) is 0 Å². The predicted octanol–water partition coefficient (Wildman–Crippen LogP) is 8.81. The molecule has 0 fully saturated rings. The lowest BCUT2D eigenvalue weighted by Crippen LogP contribution is -2.29. The van der Waals surface area contributed by atoms with Gasteiger partial charge in [0.2, 0.25) is 0 Å². The minimum absolute atomic E-state index is 0.141. The minimum atomic E-state index is -0.213. The van der Waals surface area contributed by atoms with Gasteiger partial charge >= 0.3 is 0 Å². The molecule has 2 aromatic carbocycles. The van der Waals surface area contributed by atoms with E-state index in [2.05, 4.69) is 139 Å². The van der Waals surface area contributed by atoms with Crippen molar-refractivity contribution >= 4 is 17.1 Å². The molecule has 5 heterocycles. The number of dihydropyridines is 2. The third kappa shape index (κ3) is 4.53. The summed E-state index contributed by atoms with van der Waals surface area (Å²) in [6, 6.07) is 28.3. The Labute approximate surface area is 282 Å². The number of hydrogen-bond donors (Lipinski definition) is 2. The SMILES string of the molecule is CC1(C)C2=C(c3ccc(C4C=CC=CN4)cc31)N(C1=CC(c3ccccn3)NC(c3ccccn3)=C1)c1ccccc1C1C=CC=CC21. The number of benzene rings is 2. The maximum absolute atomic E-state index is 4.79. The quantitative estimate of drug-likeness (QED) is 0.238. The Balaban J connectivity index is 1.31. The molecule has 0 bridgehead atoms. The van der Waals surface area contributed by atoms with E-state index in [9.17, 15) is 0 Å². The molecule has 0 amide bonds. The van der Waals surface area contributed by atoms with Crippen molar-refractivity contribution in [3.63, 3.8) is 0 Å². The number of nitrogens with zero attached hydrogens (tertiary/aromatic N) is 3. The first kappa shape index (κ1) is 28.5. The van der Waals surface area contributed by atoms with Crippen molar-refractivity contribution < 1.29 is 0 Å². The lowest BCUT2D eigenvalue weighted by atomic mass is 9.69. The number of anilines is 1. The molecule has 4 aromatic rings. The molecule has 0 saturated heterocycles. The van der Waals surface area contributed by atoms with Gasteiger partial charge in [-0.25, -0.2) is 0 Å². The van der Waals surface area contributed by atoms with Crippen molar-refractivity contribution in [2.75, 3.05) is 4.90 Å². The van der Waals surface area contributed by atoms with E-state index in [4.69, 9.17) is 9.97 Å². The lowest BCUT2D eigenvalue weighted by molar-refractivity contribution is 0.530. The van der Waals surface area contributed by atoms with Crippen LogP contribution in [0, 0.1) is 5.92 Å². The van der Waals surface area contributed by atoms with Gasteiger partial charge in [0.1, 0.15) is 0 Å². The number of hydrogen-bond acceptors (Lipinski definition) is 5. The molecule has 4 atom stereocenters. The molecule has 5 nitrogen and oxygen atoms in total. The zero-order valence-electron chi connectivity index (χ0n) is 27.1. The van der Waals surface area contributed by atoms with E-state index in [1.807, 2.05) is 42.9 Å². The Bertz CT molecular complexity index is 2130. The van der Waals surface area contributed by atoms with Gasteiger partial charge < -0.3 is 15.5 Å². The summed E-state index contributed by atoms with van der Waals surface area (Å²) in [4.78, 5) is 12.1. The van der Waals surface area contributed by atoms with Crippen LogP contribution in [0.2, 0.25) is 0 Å². The monoisotopic (exact) mass is 623 g/mol. The number of pyridine rings is 2. The van der Waals surface area contributed by atoms with E-state index >= 15 is 0 Å². The maximum atomic E-state index is 4.79. The van der Waals surface area contributed by atoms with Gasteiger partial charge in [-0.3, -0.25) is 9.97 Å². The highest BCUT2D eigenvalue weighted by Crippen LogP contribution is 2.59. The molecule has 0 spiro atoms. The first-order valence-electron chi connectivity index (χ1n) is 16.8. The van der Waals surface area contributed by atoms with Crippen LogP contribution in [-0.4, -0.2) is 9.97 Å². The summed E-state index contributed by atoms with van der Waals surface area (Å²) in [7, 11) is 0. The second-order valence-corrected chi connectivity index (χ2v) is 13.5. The van der Waals surface area contributed by atoms with Gasteiger partial charge in [-0.15, -0.1) is 0 Å². The first-order chi connectivity index (χ1) is 23.6. The average molecular weight is 624 g/mol. The van der Waals surface area contributed by atoms with E-state index < -0.39 is 0 Å².